The van der Waals surface area contributed by atoms with Crippen LogP contribution in [0.2, 0.25) is 0 Å². The molecule has 100 valence electrons. The fourth-order valence-corrected chi connectivity index (χ4v) is 4.48. The highest BCUT2D eigenvalue weighted by Crippen LogP contribution is 2.58. The summed E-state index contributed by atoms with van der Waals surface area (Å²) in [6.07, 6.45) is 8.64. The van der Waals surface area contributed by atoms with Crippen LogP contribution < -0.4 is 0 Å². The first kappa shape index (κ1) is 13.4. The maximum atomic E-state index is 5.62. The van der Waals surface area contributed by atoms with Crippen LogP contribution in [0.3, 0.4) is 0 Å². The molecular formula is C16H30O. The van der Waals surface area contributed by atoms with Crippen molar-refractivity contribution in [2.75, 3.05) is 7.11 Å². The lowest BCUT2D eigenvalue weighted by Crippen LogP contribution is -2.35. The van der Waals surface area contributed by atoms with Crippen LogP contribution in [-0.2, 0) is 4.74 Å². The van der Waals surface area contributed by atoms with E-state index in [4.69, 9.17) is 4.74 Å². The monoisotopic (exact) mass is 238 g/mol. The molecule has 1 nitrogen and oxygen atoms in total. The SMILES string of the molecule is COC(C)(C)CC1CC2CCC(C(C)C)(C2)C1. The highest BCUT2D eigenvalue weighted by atomic mass is 16.5. The zero-order valence-electron chi connectivity index (χ0n) is 12.4. The van der Waals surface area contributed by atoms with Gasteiger partial charge in [0.25, 0.3) is 0 Å². The Hall–Kier alpha value is -0.0400. The summed E-state index contributed by atoms with van der Waals surface area (Å²) in [4.78, 5) is 0. The van der Waals surface area contributed by atoms with Crippen molar-refractivity contribution in [3.63, 3.8) is 0 Å². The lowest BCUT2D eigenvalue weighted by Gasteiger charge is -2.43. The minimum absolute atomic E-state index is 0.0691. The van der Waals surface area contributed by atoms with Crippen molar-refractivity contribution in [3.8, 4) is 0 Å². The van der Waals surface area contributed by atoms with E-state index in [1.807, 2.05) is 7.11 Å². The van der Waals surface area contributed by atoms with Gasteiger partial charge in [0.2, 0.25) is 0 Å². The van der Waals surface area contributed by atoms with Crippen molar-refractivity contribution in [1.82, 2.24) is 0 Å². The van der Waals surface area contributed by atoms with Crippen molar-refractivity contribution in [3.05, 3.63) is 0 Å². The molecule has 0 aromatic rings. The third kappa shape index (κ3) is 2.70. The summed E-state index contributed by atoms with van der Waals surface area (Å²) in [5.41, 5.74) is 0.747. The van der Waals surface area contributed by atoms with Crippen LogP contribution >= 0.6 is 0 Å². The van der Waals surface area contributed by atoms with Gasteiger partial charge in [-0.25, -0.2) is 0 Å². The second-order valence-corrected chi connectivity index (χ2v) is 7.60. The van der Waals surface area contributed by atoms with E-state index in [1.165, 1.54) is 38.5 Å². The van der Waals surface area contributed by atoms with Gasteiger partial charge in [-0.3, -0.25) is 0 Å². The van der Waals surface area contributed by atoms with Crippen LogP contribution in [0.15, 0.2) is 0 Å². The smallest absolute Gasteiger partial charge is 0.0625 e. The van der Waals surface area contributed by atoms with Gasteiger partial charge in [0.1, 0.15) is 0 Å². The average molecular weight is 238 g/mol. The quantitative estimate of drug-likeness (QED) is 0.692. The van der Waals surface area contributed by atoms with E-state index < -0.39 is 0 Å². The first-order valence-electron chi connectivity index (χ1n) is 7.42. The average Bonchev–Trinajstić information content (AvgIpc) is 2.55. The first-order valence-corrected chi connectivity index (χ1v) is 7.42. The van der Waals surface area contributed by atoms with Crippen LogP contribution in [0, 0.1) is 23.2 Å². The molecule has 2 bridgehead atoms. The van der Waals surface area contributed by atoms with Crippen LogP contribution in [0.25, 0.3) is 0 Å². The topological polar surface area (TPSA) is 9.23 Å². The van der Waals surface area contributed by atoms with Crippen molar-refractivity contribution in [1.29, 1.82) is 0 Å². The summed E-state index contributed by atoms with van der Waals surface area (Å²) in [5.74, 6) is 2.78. The molecule has 2 saturated carbocycles. The minimum Gasteiger partial charge on any atom is -0.379 e. The van der Waals surface area contributed by atoms with Crippen molar-refractivity contribution in [2.24, 2.45) is 23.2 Å². The van der Waals surface area contributed by atoms with Gasteiger partial charge in [0.05, 0.1) is 5.60 Å². The number of hydrogen-bond donors (Lipinski definition) is 0. The normalized spacial score (nSPS) is 37.8. The van der Waals surface area contributed by atoms with Gasteiger partial charge in [-0.15, -0.1) is 0 Å². The van der Waals surface area contributed by atoms with E-state index in [1.54, 1.807) is 0 Å². The van der Waals surface area contributed by atoms with Gasteiger partial charge in [0, 0.05) is 7.11 Å². The maximum Gasteiger partial charge on any atom is 0.0625 e. The van der Waals surface area contributed by atoms with Gasteiger partial charge in [-0.05, 0) is 75.5 Å². The molecule has 3 unspecified atom stereocenters. The second-order valence-electron chi connectivity index (χ2n) is 7.60. The van der Waals surface area contributed by atoms with Crippen LogP contribution in [0.4, 0.5) is 0 Å². The molecule has 0 aromatic heterocycles. The number of methoxy groups -OCH3 is 1. The summed E-state index contributed by atoms with van der Waals surface area (Å²) in [6, 6.07) is 0. The Bertz CT molecular complexity index is 269. The molecular weight excluding hydrogens is 208 g/mol. The third-order valence-corrected chi connectivity index (χ3v) is 5.67. The molecule has 1 heteroatoms. The first-order chi connectivity index (χ1) is 7.87. The van der Waals surface area contributed by atoms with E-state index in [0.29, 0.717) is 5.41 Å². The fraction of sp³-hybridized carbons (Fsp3) is 1.00. The highest BCUT2D eigenvalue weighted by Gasteiger charge is 2.47. The van der Waals surface area contributed by atoms with E-state index in [0.717, 1.165) is 17.8 Å². The predicted octanol–water partition coefficient (Wildman–Crippen LogP) is 4.65. The van der Waals surface area contributed by atoms with Gasteiger partial charge in [-0.2, -0.15) is 0 Å². The number of fused-ring (bicyclic) bond motifs is 2. The molecule has 2 rings (SSSR count). The lowest BCUT2D eigenvalue weighted by molar-refractivity contribution is -0.0175. The zero-order valence-corrected chi connectivity index (χ0v) is 12.4. The molecule has 0 radical (unpaired) electrons. The van der Waals surface area contributed by atoms with E-state index in [2.05, 4.69) is 27.7 Å². The molecule has 0 aliphatic heterocycles. The highest BCUT2D eigenvalue weighted by molar-refractivity contribution is 4.98. The Labute approximate surface area is 107 Å². The lowest BCUT2D eigenvalue weighted by atomic mass is 9.63. The standard InChI is InChI=1S/C16H30O/c1-12(2)16-7-6-13(10-16)8-14(11-16)9-15(3,4)17-5/h12-14H,6-11H2,1-5H3. The zero-order chi connectivity index (χ0) is 12.7. The van der Waals surface area contributed by atoms with Crippen molar-refractivity contribution < 1.29 is 4.74 Å². The van der Waals surface area contributed by atoms with Gasteiger partial charge < -0.3 is 4.74 Å². The molecule has 3 atom stereocenters. The van der Waals surface area contributed by atoms with Crippen molar-refractivity contribution in [2.45, 2.75) is 71.8 Å². The molecule has 17 heavy (non-hydrogen) atoms. The summed E-state index contributed by atoms with van der Waals surface area (Å²) in [7, 11) is 1.86. The van der Waals surface area contributed by atoms with Crippen molar-refractivity contribution >= 4 is 0 Å². The number of hydrogen-bond acceptors (Lipinski definition) is 1. The van der Waals surface area contributed by atoms with Crippen LogP contribution in [0.5, 0.6) is 0 Å². The largest absolute Gasteiger partial charge is 0.379 e. The maximum absolute atomic E-state index is 5.62. The van der Waals surface area contributed by atoms with E-state index >= 15 is 0 Å². The summed E-state index contributed by atoms with van der Waals surface area (Å²) >= 11 is 0. The van der Waals surface area contributed by atoms with E-state index in [-0.39, 0.29) is 5.60 Å². The molecule has 2 fully saturated rings. The predicted molar refractivity (Wildman–Crippen MR) is 73.0 cm³/mol. The molecule has 0 N–H and O–H groups in total. The Kier molecular flexibility index (Phi) is 3.60. The third-order valence-electron chi connectivity index (χ3n) is 5.67. The number of ether oxygens (including phenoxy) is 1. The molecule has 0 amide bonds. The summed E-state index contributed by atoms with van der Waals surface area (Å²) < 4.78 is 5.62. The number of rotatable bonds is 4. The molecule has 0 spiro atoms. The Morgan fingerprint density at radius 1 is 1.29 bits per heavy atom. The van der Waals surface area contributed by atoms with E-state index in [9.17, 15) is 0 Å². The van der Waals surface area contributed by atoms with Gasteiger partial charge in [0.15, 0.2) is 0 Å². The molecule has 2 aliphatic rings. The fourth-order valence-electron chi connectivity index (χ4n) is 4.48. The Morgan fingerprint density at radius 2 is 2.00 bits per heavy atom. The Balaban J connectivity index is 2.03. The summed E-state index contributed by atoms with van der Waals surface area (Å²) in [5, 5.41) is 0. The minimum atomic E-state index is 0.0691. The van der Waals surface area contributed by atoms with Gasteiger partial charge in [-0.1, -0.05) is 13.8 Å². The molecule has 0 heterocycles. The molecule has 0 saturated heterocycles. The second kappa shape index (κ2) is 4.57. The van der Waals surface area contributed by atoms with Gasteiger partial charge >= 0.3 is 0 Å². The Morgan fingerprint density at radius 3 is 2.59 bits per heavy atom. The van der Waals surface area contributed by atoms with Crippen LogP contribution in [-0.4, -0.2) is 12.7 Å². The van der Waals surface area contributed by atoms with Crippen LogP contribution in [0.1, 0.15) is 66.2 Å². The molecule has 0 aromatic carbocycles. The summed E-state index contributed by atoms with van der Waals surface area (Å²) in [6.45, 7) is 9.36. The molecule has 2 aliphatic carbocycles.